The van der Waals surface area contributed by atoms with Gasteiger partial charge in [0.15, 0.2) is 11.6 Å². The molecule has 4 heteroatoms. The number of ketones is 1. The number of rotatable bonds is 8. The second-order valence-corrected chi connectivity index (χ2v) is 4.18. The maximum Gasteiger partial charge on any atom is 0.165 e. The highest BCUT2D eigenvalue weighted by Crippen LogP contribution is 2.18. The summed E-state index contributed by atoms with van der Waals surface area (Å²) in [7, 11) is 0. The number of carbonyl (C=O) groups is 1. The highest BCUT2D eigenvalue weighted by molar-refractivity contribution is 5.75. The quantitative estimate of drug-likeness (QED) is 0.724. The zero-order valence-corrected chi connectivity index (χ0v) is 11.0. The molecule has 1 rings (SSSR count). The normalized spacial score (nSPS) is 10.4. The first kappa shape index (κ1) is 14.6. The van der Waals surface area contributed by atoms with E-state index in [9.17, 15) is 9.18 Å². The van der Waals surface area contributed by atoms with Crippen LogP contribution in [0.2, 0.25) is 0 Å². The van der Waals surface area contributed by atoms with Gasteiger partial charge in [-0.25, -0.2) is 4.39 Å². The number of benzene rings is 1. The average Bonchev–Trinajstić information content (AvgIpc) is 2.32. The molecule has 0 fully saturated rings. The fraction of sp³-hybridized carbons (Fsp3) is 0.500. The Morgan fingerprint density at radius 3 is 2.83 bits per heavy atom. The smallest absolute Gasteiger partial charge is 0.165 e. The molecule has 0 saturated heterocycles. The van der Waals surface area contributed by atoms with Gasteiger partial charge in [0.25, 0.3) is 0 Å². The van der Waals surface area contributed by atoms with E-state index in [0.717, 1.165) is 18.5 Å². The summed E-state index contributed by atoms with van der Waals surface area (Å²) in [5.41, 5.74) is 0.874. The van der Waals surface area contributed by atoms with Crippen LogP contribution in [0.5, 0.6) is 5.75 Å². The number of Topliss-reactive ketones (excluding diaryl/α,β-unsaturated/α-hetero) is 1. The van der Waals surface area contributed by atoms with Gasteiger partial charge in [0, 0.05) is 13.0 Å². The maximum absolute atomic E-state index is 13.5. The van der Waals surface area contributed by atoms with Crippen LogP contribution in [0, 0.1) is 5.82 Å². The standard InChI is InChI=1S/C14H20FNO2/c1-3-18-14-7-6-12(9-13(14)15)10-16-8-4-5-11(2)17/h6-7,9,16H,3-5,8,10H2,1-2H3. The van der Waals surface area contributed by atoms with E-state index in [0.29, 0.717) is 19.6 Å². The molecule has 1 aromatic rings. The zero-order chi connectivity index (χ0) is 13.4. The van der Waals surface area contributed by atoms with E-state index in [-0.39, 0.29) is 17.3 Å². The minimum atomic E-state index is -0.333. The Bertz CT molecular complexity index is 393. The van der Waals surface area contributed by atoms with Crippen molar-refractivity contribution in [3.8, 4) is 5.75 Å². The molecule has 1 N–H and O–H groups in total. The third kappa shape index (κ3) is 5.27. The van der Waals surface area contributed by atoms with Crippen LogP contribution in [0.4, 0.5) is 4.39 Å². The van der Waals surface area contributed by atoms with Crippen molar-refractivity contribution in [2.24, 2.45) is 0 Å². The van der Waals surface area contributed by atoms with Crippen molar-refractivity contribution in [2.45, 2.75) is 33.2 Å². The first-order valence-corrected chi connectivity index (χ1v) is 6.25. The van der Waals surface area contributed by atoms with Gasteiger partial charge >= 0.3 is 0 Å². The maximum atomic E-state index is 13.5. The monoisotopic (exact) mass is 253 g/mol. The Morgan fingerprint density at radius 2 is 2.22 bits per heavy atom. The molecular formula is C14H20FNO2. The highest BCUT2D eigenvalue weighted by atomic mass is 19.1. The van der Waals surface area contributed by atoms with Gasteiger partial charge in [0.05, 0.1) is 6.61 Å². The van der Waals surface area contributed by atoms with Crippen LogP contribution in [0.1, 0.15) is 32.3 Å². The van der Waals surface area contributed by atoms with E-state index < -0.39 is 0 Å². The van der Waals surface area contributed by atoms with Crippen LogP contribution in [0.3, 0.4) is 0 Å². The summed E-state index contributed by atoms with van der Waals surface area (Å²) in [6, 6.07) is 4.96. The van der Waals surface area contributed by atoms with Crippen molar-refractivity contribution in [2.75, 3.05) is 13.2 Å². The molecule has 0 aliphatic carbocycles. The predicted molar refractivity (Wildman–Crippen MR) is 69.2 cm³/mol. The molecule has 0 radical (unpaired) electrons. The predicted octanol–water partition coefficient (Wildman–Crippen LogP) is 2.68. The van der Waals surface area contributed by atoms with Crippen molar-refractivity contribution in [1.82, 2.24) is 5.32 Å². The van der Waals surface area contributed by atoms with Crippen LogP contribution in [-0.2, 0) is 11.3 Å². The van der Waals surface area contributed by atoms with Crippen molar-refractivity contribution in [3.63, 3.8) is 0 Å². The Balaban J connectivity index is 2.34. The summed E-state index contributed by atoms with van der Waals surface area (Å²) in [6.45, 7) is 5.22. The topological polar surface area (TPSA) is 38.3 Å². The SMILES string of the molecule is CCOc1ccc(CNCCCC(C)=O)cc1F. The molecule has 100 valence electrons. The highest BCUT2D eigenvalue weighted by Gasteiger charge is 2.03. The number of ether oxygens (including phenoxy) is 1. The van der Waals surface area contributed by atoms with Crippen molar-refractivity contribution >= 4 is 5.78 Å². The Hall–Kier alpha value is -1.42. The van der Waals surface area contributed by atoms with Gasteiger partial charge in [-0.1, -0.05) is 6.07 Å². The van der Waals surface area contributed by atoms with Crippen LogP contribution < -0.4 is 10.1 Å². The van der Waals surface area contributed by atoms with Gasteiger partial charge < -0.3 is 14.8 Å². The lowest BCUT2D eigenvalue weighted by atomic mass is 10.2. The molecule has 0 atom stereocenters. The number of hydrogen-bond acceptors (Lipinski definition) is 3. The van der Waals surface area contributed by atoms with E-state index in [2.05, 4.69) is 5.32 Å². The lowest BCUT2D eigenvalue weighted by Gasteiger charge is -2.07. The minimum absolute atomic E-state index is 0.198. The zero-order valence-electron chi connectivity index (χ0n) is 11.0. The van der Waals surface area contributed by atoms with Gasteiger partial charge in [-0.3, -0.25) is 0 Å². The molecule has 0 heterocycles. The van der Waals surface area contributed by atoms with E-state index in [1.54, 1.807) is 13.0 Å². The van der Waals surface area contributed by atoms with E-state index in [1.807, 2.05) is 13.0 Å². The Kier molecular flexibility index (Phi) is 6.36. The molecular weight excluding hydrogens is 233 g/mol. The number of nitrogens with one attached hydrogen (secondary N) is 1. The number of hydrogen-bond donors (Lipinski definition) is 1. The molecule has 0 bridgehead atoms. The molecule has 18 heavy (non-hydrogen) atoms. The third-order valence-corrected chi connectivity index (χ3v) is 2.51. The second kappa shape index (κ2) is 7.82. The van der Waals surface area contributed by atoms with Crippen LogP contribution in [0.15, 0.2) is 18.2 Å². The Morgan fingerprint density at radius 1 is 1.44 bits per heavy atom. The molecule has 0 spiro atoms. The molecule has 0 unspecified atom stereocenters. The first-order chi connectivity index (χ1) is 8.63. The first-order valence-electron chi connectivity index (χ1n) is 6.25. The number of carbonyl (C=O) groups excluding carboxylic acids is 1. The third-order valence-electron chi connectivity index (χ3n) is 2.51. The molecule has 0 aliphatic heterocycles. The molecule has 0 amide bonds. The fourth-order valence-corrected chi connectivity index (χ4v) is 1.62. The van der Waals surface area contributed by atoms with Crippen LogP contribution >= 0.6 is 0 Å². The van der Waals surface area contributed by atoms with Gasteiger partial charge in [0.2, 0.25) is 0 Å². The van der Waals surface area contributed by atoms with Crippen LogP contribution in [-0.4, -0.2) is 18.9 Å². The average molecular weight is 253 g/mol. The molecule has 3 nitrogen and oxygen atoms in total. The molecule has 0 aromatic heterocycles. The lowest BCUT2D eigenvalue weighted by molar-refractivity contribution is -0.117. The lowest BCUT2D eigenvalue weighted by Crippen LogP contribution is -2.15. The summed E-state index contributed by atoms with van der Waals surface area (Å²) < 4.78 is 18.6. The van der Waals surface area contributed by atoms with Crippen molar-refractivity contribution < 1.29 is 13.9 Å². The van der Waals surface area contributed by atoms with Crippen molar-refractivity contribution in [3.05, 3.63) is 29.6 Å². The van der Waals surface area contributed by atoms with Gasteiger partial charge in [0.1, 0.15) is 5.78 Å². The molecule has 0 aliphatic rings. The molecule has 0 saturated carbocycles. The molecule has 1 aromatic carbocycles. The Labute approximate surface area is 107 Å². The minimum Gasteiger partial charge on any atom is -0.491 e. The van der Waals surface area contributed by atoms with E-state index in [1.165, 1.54) is 6.07 Å². The summed E-state index contributed by atoms with van der Waals surface area (Å²) in [6.07, 6.45) is 1.40. The fourth-order valence-electron chi connectivity index (χ4n) is 1.62. The summed E-state index contributed by atoms with van der Waals surface area (Å²) in [5, 5.41) is 3.18. The van der Waals surface area contributed by atoms with Gasteiger partial charge in [-0.2, -0.15) is 0 Å². The van der Waals surface area contributed by atoms with E-state index in [4.69, 9.17) is 4.74 Å². The summed E-state index contributed by atoms with van der Waals surface area (Å²) >= 11 is 0. The summed E-state index contributed by atoms with van der Waals surface area (Å²) in [5.74, 6) is 0.154. The number of halogens is 1. The second-order valence-electron chi connectivity index (χ2n) is 4.18. The van der Waals surface area contributed by atoms with E-state index >= 15 is 0 Å². The van der Waals surface area contributed by atoms with Gasteiger partial charge in [-0.15, -0.1) is 0 Å². The van der Waals surface area contributed by atoms with Gasteiger partial charge in [-0.05, 0) is 44.5 Å². The van der Waals surface area contributed by atoms with Crippen LogP contribution in [0.25, 0.3) is 0 Å². The summed E-state index contributed by atoms with van der Waals surface area (Å²) in [4.78, 5) is 10.7. The largest absolute Gasteiger partial charge is 0.491 e. The van der Waals surface area contributed by atoms with Crippen molar-refractivity contribution in [1.29, 1.82) is 0 Å².